The van der Waals surface area contributed by atoms with Gasteiger partial charge in [-0.15, -0.1) is 11.8 Å². The molecule has 0 saturated heterocycles. The summed E-state index contributed by atoms with van der Waals surface area (Å²) in [5.74, 6) is 1.44. The Bertz CT molecular complexity index is 775. The molecular weight excluding hydrogens is 376 g/mol. The highest BCUT2D eigenvalue weighted by molar-refractivity contribution is 8.13. The van der Waals surface area contributed by atoms with Crippen LogP contribution in [0.15, 0.2) is 59.6 Å². The van der Waals surface area contributed by atoms with Gasteiger partial charge in [0.1, 0.15) is 5.75 Å². The second-order valence-electron chi connectivity index (χ2n) is 6.45. The number of rotatable bonds is 6. The van der Waals surface area contributed by atoms with Crippen molar-refractivity contribution in [2.75, 3.05) is 25.3 Å². The molecule has 0 unspecified atom stereocenters. The molecule has 27 heavy (non-hydrogen) atoms. The molecule has 2 rings (SSSR count). The van der Waals surface area contributed by atoms with Crippen LogP contribution < -0.4 is 9.64 Å². The maximum Gasteiger partial charge on any atom is 0.263 e. The summed E-state index contributed by atoms with van der Waals surface area (Å²) in [6.45, 7) is 3.85. The molecule has 0 saturated carbocycles. The van der Waals surface area contributed by atoms with Gasteiger partial charge in [-0.3, -0.25) is 4.79 Å². The number of hydrogen-bond donors (Lipinski definition) is 0. The predicted molar refractivity (Wildman–Crippen MR) is 119 cm³/mol. The Hall–Kier alpha value is -1.92. The minimum Gasteiger partial charge on any atom is -0.497 e. The fourth-order valence-corrected chi connectivity index (χ4v) is 3.73. The summed E-state index contributed by atoms with van der Waals surface area (Å²) in [5.41, 5.74) is 2.15. The van der Waals surface area contributed by atoms with E-state index in [-0.39, 0.29) is 5.91 Å². The quantitative estimate of drug-likeness (QED) is 0.497. The van der Waals surface area contributed by atoms with E-state index in [0.29, 0.717) is 5.17 Å². The number of carbonyl (C=O) groups is 1. The van der Waals surface area contributed by atoms with Crippen LogP contribution >= 0.6 is 23.5 Å². The van der Waals surface area contributed by atoms with Gasteiger partial charge in [-0.1, -0.05) is 42.1 Å². The van der Waals surface area contributed by atoms with Crippen LogP contribution in [0.25, 0.3) is 0 Å². The van der Waals surface area contributed by atoms with Crippen molar-refractivity contribution in [2.45, 2.75) is 24.3 Å². The molecule has 0 aliphatic carbocycles. The highest BCUT2D eigenvalue weighted by atomic mass is 32.2. The molecule has 1 amide bonds. The van der Waals surface area contributed by atoms with Crippen LogP contribution in [0.1, 0.15) is 19.4 Å². The van der Waals surface area contributed by atoms with Crippen molar-refractivity contribution in [3.63, 3.8) is 0 Å². The van der Waals surface area contributed by atoms with Crippen LogP contribution in [0, 0.1) is 0 Å². The van der Waals surface area contributed by atoms with Gasteiger partial charge in [-0.2, -0.15) is 4.99 Å². The Morgan fingerprint density at radius 1 is 1.11 bits per heavy atom. The molecule has 2 aromatic carbocycles. The number of anilines is 1. The van der Waals surface area contributed by atoms with Crippen LogP contribution in [-0.2, 0) is 10.5 Å². The van der Waals surface area contributed by atoms with Crippen molar-refractivity contribution >= 4 is 40.3 Å². The largest absolute Gasteiger partial charge is 0.497 e. The third-order valence-corrected chi connectivity index (χ3v) is 6.19. The van der Waals surface area contributed by atoms with Gasteiger partial charge in [-0.25, -0.2) is 0 Å². The Balaban J connectivity index is 2.06. The lowest BCUT2D eigenvalue weighted by molar-refractivity contribution is -0.119. The van der Waals surface area contributed by atoms with E-state index in [1.165, 1.54) is 11.8 Å². The molecular formula is C21H26N2O2S2. The summed E-state index contributed by atoms with van der Waals surface area (Å²) in [6.07, 6.45) is 1.93. The molecule has 0 N–H and O–H groups in total. The zero-order valence-corrected chi connectivity index (χ0v) is 18.1. The first-order valence-corrected chi connectivity index (χ1v) is 10.8. The topological polar surface area (TPSA) is 41.9 Å². The van der Waals surface area contributed by atoms with Crippen molar-refractivity contribution < 1.29 is 9.53 Å². The summed E-state index contributed by atoms with van der Waals surface area (Å²) in [5, 5.41) is 0.685. The van der Waals surface area contributed by atoms with Gasteiger partial charge in [0.15, 0.2) is 5.17 Å². The van der Waals surface area contributed by atoms with Crippen molar-refractivity contribution in [3.05, 3.63) is 60.2 Å². The molecule has 4 nitrogen and oxygen atoms in total. The molecule has 0 bridgehead atoms. The molecule has 2 aromatic rings. The first kappa shape index (κ1) is 21.4. The van der Waals surface area contributed by atoms with Crippen LogP contribution in [0.4, 0.5) is 5.69 Å². The smallest absolute Gasteiger partial charge is 0.263 e. The maximum atomic E-state index is 12.8. The molecule has 0 radical (unpaired) electrons. The van der Waals surface area contributed by atoms with E-state index >= 15 is 0 Å². The number of benzene rings is 2. The van der Waals surface area contributed by atoms with E-state index in [0.717, 1.165) is 22.8 Å². The first-order valence-electron chi connectivity index (χ1n) is 8.60. The molecule has 6 heteroatoms. The summed E-state index contributed by atoms with van der Waals surface area (Å²) in [7, 11) is 3.58. The lowest BCUT2D eigenvalue weighted by atomic mass is 10.2. The van der Waals surface area contributed by atoms with Gasteiger partial charge in [0.2, 0.25) is 0 Å². The van der Waals surface area contributed by atoms with Gasteiger partial charge in [0.25, 0.3) is 5.91 Å². The zero-order chi connectivity index (χ0) is 19.9. The lowest BCUT2D eigenvalue weighted by Gasteiger charge is -2.23. The van der Waals surface area contributed by atoms with E-state index < -0.39 is 4.75 Å². The molecule has 0 heterocycles. The third-order valence-electron chi connectivity index (χ3n) is 4.08. The molecule has 144 valence electrons. The number of thioether (sulfide) groups is 2. The van der Waals surface area contributed by atoms with Gasteiger partial charge >= 0.3 is 0 Å². The molecule has 0 aromatic heterocycles. The summed E-state index contributed by atoms with van der Waals surface area (Å²) in [6, 6.07) is 17.8. The van der Waals surface area contributed by atoms with E-state index in [4.69, 9.17) is 4.74 Å². The molecule has 0 aliphatic rings. The van der Waals surface area contributed by atoms with E-state index in [1.807, 2.05) is 86.6 Å². The highest BCUT2D eigenvalue weighted by Gasteiger charge is 2.29. The third kappa shape index (κ3) is 6.04. The first-order chi connectivity index (χ1) is 12.9. The lowest BCUT2D eigenvalue weighted by Crippen LogP contribution is -2.31. The molecule has 0 fully saturated rings. The number of methoxy groups -OCH3 is 1. The summed E-state index contributed by atoms with van der Waals surface area (Å²) in [4.78, 5) is 19.2. The summed E-state index contributed by atoms with van der Waals surface area (Å²) < 4.78 is 4.57. The van der Waals surface area contributed by atoms with Crippen molar-refractivity contribution in [1.82, 2.24) is 0 Å². The predicted octanol–water partition coefficient (Wildman–Crippen LogP) is 5.09. The summed E-state index contributed by atoms with van der Waals surface area (Å²) >= 11 is 3.06. The Labute approximate surface area is 170 Å². The normalized spacial score (nSPS) is 12.0. The van der Waals surface area contributed by atoms with Crippen molar-refractivity contribution in [1.29, 1.82) is 0 Å². The average Bonchev–Trinajstić information content (AvgIpc) is 2.70. The second kappa shape index (κ2) is 9.85. The number of aliphatic imine (C=N–C) groups is 1. The number of amides is 1. The number of ether oxygens (including phenoxy) is 1. The van der Waals surface area contributed by atoms with Crippen LogP contribution in [0.2, 0.25) is 0 Å². The van der Waals surface area contributed by atoms with Gasteiger partial charge < -0.3 is 9.64 Å². The van der Waals surface area contributed by atoms with Crippen LogP contribution in [0.3, 0.4) is 0 Å². The van der Waals surface area contributed by atoms with Crippen molar-refractivity contribution in [2.24, 2.45) is 4.99 Å². The molecule has 0 spiro atoms. The average molecular weight is 403 g/mol. The van der Waals surface area contributed by atoms with E-state index in [9.17, 15) is 4.79 Å². The Kier molecular flexibility index (Phi) is 7.80. The number of hydrogen-bond acceptors (Lipinski definition) is 4. The fourth-order valence-electron chi connectivity index (χ4n) is 2.29. The van der Waals surface area contributed by atoms with Crippen molar-refractivity contribution in [3.8, 4) is 5.75 Å². The minimum absolute atomic E-state index is 0.131. The monoisotopic (exact) mass is 402 g/mol. The van der Waals surface area contributed by atoms with E-state index in [2.05, 4.69) is 4.99 Å². The maximum absolute atomic E-state index is 12.8. The van der Waals surface area contributed by atoms with Crippen LogP contribution in [-0.4, -0.2) is 36.2 Å². The number of carbonyl (C=O) groups excluding carboxylic acids is 1. The second-order valence-corrected chi connectivity index (χ2v) is 8.82. The number of nitrogens with zero attached hydrogens (tertiary/aromatic N) is 2. The minimum atomic E-state index is -0.613. The Morgan fingerprint density at radius 2 is 1.74 bits per heavy atom. The highest BCUT2D eigenvalue weighted by Crippen LogP contribution is 2.30. The SMILES string of the molecule is COc1ccc(CSC(C)(C)C(=O)N=C(SC)N(C)c2ccccc2)cc1. The van der Waals surface area contributed by atoms with Gasteiger partial charge in [0, 0.05) is 18.5 Å². The standard InChI is InChI=1S/C21H26N2O2S2/c1-21(2,27-15-16-11-13-18(25-4)14-12-16)19(24)22-20(26-5)23(3)17-9-7-6-8-10-17/h6-14H,15H2,1-5H3. The van der Waals surface area contributed by atoms with Crippen LogP contribution in [0.5, 0.6) is 5.75 Å². The fraction of sp³-hybridized carbons (Fsp3) is 0.333. The van der Waals surface area contributed by atoms with Gasteiger partial charge in [0.05, 0.1) is 11.9 Å². The molecule has 0 atom stereocenters. The molecule has 0 aliphatic heterocycles. The number of amidine groups is 1. The number of para-hydroxylation sites is 1. The van der Waals surface area contributed by atoms with Gasteiger partial charge in [-0.05, 0) is 49.9 Å². The zero-order valence-electron chi connectivity index (χ0n) is 16.4. The van der Waals surface area contributed by atoms with E-state index in [1.54, 1.807) is 18.9 Å². The Morgan fingerprint density at radius 3 is 2.30 bits per heavy atom.